The van der Waals surface area contributed by atoms with E-state index in [1.165, 1.54) is 0 Å². The monoisotopic (exact) mass is 330 g/mol. The van der Waals surface area contributed by atoms with Crippen molar-refractivity contribution >= 4 is 0 Å². The van der Waals surface area contributed by atoms with Gasteiger partial charge < -0.3 is 60.8 Å². The van der Waals surface area contributed by atoms with E-state index in [2.05, 4.69) is 0 Å². The van der Waals surface area contributed by atoms with Gasteiger partial charge >= 0.3 is 17.1 Å². The van der Waals surface area contributed by atoms with Gasteiger partial charge in [0.25, 0.3) is 0 Å². The van der Waals surface area contributed by atoms with Crippen molar-refractivity contribution < 1.29 is 99.4 Å². The van der Waals surface area contributed by atoms with Crippen LogP contribution >= 0.6 is 0 Å². The van der Waals surface area contributed by atoms with Crippen LogP contribution in [0.5, 0.6) is 0 Å². The second-order valence-electron chi connectivity index (χ2n) is 0.378. The Morgan fingerprint density at radius 1 is 0.400 bits per heavy atom. The molecule has 0 aliphatic carbocycles. The van der Waals surface area contributed by atoms with Crippen molar-refractivity contribution in [2.75, 3.05) is 0 Å². The molecule has 0 unspecified atom stereocenters. The maximum atomic E-state index is 8.41. The summed E-state index contributed by atoms with van der Waals surface area (Å²) in [5, 5.41) is 0. The molecule has 0 radical (unpaired) electrons. The topological polar surface area (TPSA) is 327 Å². The first-order chi connectivity index (χ1) is 3.46. The molecule has 0 aliphatic rings. The van der Waals surface area contributed by atoms with Crippen molar-refractivity contribution in [3.05, 3.63) is 0 Å². The van der Waals surface area contributed by atoms with Crippen molar-refractivity contribution in [3.8, 4) is 0 Å². The molecule has 0 aliphatic heterocycles. The SMILES string of the molecule is O.O.O.O.O.O.[Fe+2].[O-][Cl+2]([O-])[O-].[O-][Cl+2]([O-])[O-]. The van der Waals surface area contributed by atoms with Crippen LogP contribution in [0.4, 0.5) is 0 Å². The van der Waals surface area contributed by atoms with Gasteiger partial charge in [-0.1, -0.05) is 0 Å². The van der Waals surface area contributed by atoms with Crippen LogP contribution in [0.25, 0.3) is 0 Å². The Balaban J connectivity index is -0.00000000468. The molecule has 0 atom stereocenters. The molecule has 12 nitrogen and oxygen atoms in total. The van der Waals surface area contributed by atoms with Crippen molar-refractivity contribution in [1.82, 2.24) is 0 Å². The summed E-state index contributed by atoms with van der Waals surface area (Å²) >= 11 is 0. The first-order valence-electron chi connectivity index (χ1n) is 0.926. The van der Waals surface area contributed by atoms with Gasteiger partial charge in [0.05, 0.1) is 21.6 Å². The Morgan fingerprint density at radius 3 is 0.400 bits per heavy atom. The van der Waals surface area contributed by atoms with E-state index in [4.69, 9.17) is 28.0 Å². The summed E-state index contributed by atoms with van der Waals surface area (Å²) < 4.78 is 50.4. The molecule has 0 aromatic carbocycles. The number of halogens is 2. The second kappa shape index (κ2) is 61.9. The zero-order valence-electron chi connectivity index (χ0n) is 6.56. The summed E-state index contributed by atoms with van der Waals surface area (Å²) in [6.45, 7) is 0. The van der Waals surface area contributed by atoms with Crippen molar-refractivity contribution in [3.63, 3.8) is 0 Å². The molecule has 0 saturated heterocycles. The predicted molar refractivity (Wildman–Crippen MR) is 21.7 cm³/mol. The van der Waals surface area contributed by atoms with Crippen molar-refractivity contribution in [2.24, 2.45) is 0 Å². The number of rotatable bonds is 0. The Morgan fingerprint density at radius 2 is 0.400 bits per heavy atom. The van der Waals surface area contributed by atoms with Crippen LogP contribution in [0.2, 0.25) is 0 Å². The van der Waals surface area contributed by atoms with Crippen molar-refractivity contribution in [2.45, 2.75) is 0 Å². The van der Waals surface area contributed by atoms with E-state index in [-0.39, 0.29) is 49.9 Å². The summed E-state index contributed by atoms with van der Waals surface area (Å²) in [4.78, 5) is 0. The third kappa shape index (κ3) is 6070. The summed E-state index contributed by atoms with van der Waals surface area (Å²) in [5.41, 5.74) is 0. The second-order valence-corrected chi connectivity index (χ2v) is 1.13. The van der Waals surface area contributed by atoms with E-state index in [9.17, 15) is 0 Å². The molecular formula is H12Cl2FeO12. The summed E-state index contributed by atoms with van der Waals surface area (Å²) in [5.74, 6) is 0. The zero-order valence-corrected chi connectivity index (χ0v) is 9.18. The van der Waals surface area contributed by atoms with E-state index >= 15 is 0 Å². The standard InChI is InChI=1S/2ClO3.Fe.6H2O/c2*2-1(3)4;;;;;;;/h;;;6*1H2/q2*-1;+2;;;;;;. The molecule has 0 saturated carbocycles. The van der Waals surface area contributed by atoms with Crippen LogP contribution in [0.1, 0.15) is 0 Å². The van der Waals surface area contributed by atoms with E-state index in [1.807, 2.05) is 0 Å². The molecule has 0 heterocycles. The smallest absolute Gasteiger partial charge is 0.412 e. The van der Waals surface area contributed by atoms with Crippen LogP contribution < -0.4 is 28.0 Å². The minimum atomic E-state index is -2.85. The maximum Gasteiger partial charge on any atom is 2.00 e. The first-order valence-corrected chi connectivity index (χ1v) is 2.78. The van der Waals surface area contributed by atoms with Gasteiger partial charge in [-0.05, 0) is 0 Å². The molecule has 15 heavy (non-hydrogen) atoms. The summed E-state index contributed by atoms with van der Waals surface area (Å²) in [6.07, 6.45) is 0. The molecule has 15 heteroatoms. The Labute approximate surface area is 99.9 Å². The minimum absolute atomic E-state index is 0. The Bertz CT molecular complexity index is 29.1. The van der Waals surface area contributed by atoms with Gasteiger partial charge in [-0.3, -0.25) is 0 Å². The fourth-order valence-electron chi connectivity index (χ4n) is 0. The van der Waals surface area contributed by atoms with Crippen LogP contribution in [0.15, 0.2) is 0 Å². The molecule has 106 valence electrons. The van der Waals surface area contributed by atoms with Gasteiger partial charge in [0.15, 0.2) is 0 Å². The number of hydrogen-bond acceptors (Lipinski definition) is 6. The van der Waals surface area contributed by atoms with Crippen LogP contribution in [0.3, 0.4) is 0 Å². The van der Waals surface area contributed by atoms with Crippen LogP contribution in [0, 0.1) is 21.6 Å². The molecule has 0 aromatic heterocycles. The molecule has 0 aromatic rings. The molecule has 0 rings (SSSR count). The summed E-state index contributed by atoms with van der Waals surface area (Å²) in [7, 11) is -5.70. The van der Waals surface area contributed by atoms with E-state index in [0.29, 0.717) is 0 Å². The normalized spacial score (nSPS) is 4.80. The molecule has 0 bridgehead atoms. The van der Waals surface area contributed by atoms with Crippen molar-refractivity contribution in [1.29, 1.82) is 0 Å². The van der Waals surface area contributed by atoms with E-state index in [0.717, 1.165) is 0 Å². The largest absolute Gasteiger partial charge is 2.00 e. The third-order valence-electron chi connectivity index (χ3n) is 0. The van der Waals surface area contributed by atoms with Crippen LogP contribution in [-0.2, 0) is 17.1 Å². The fourth-order valence-corrected chi connectivity index (χ4v) is 0. The predicted octanol–water partition coefficient (Wildman–Crippen LogP) is -12.1. The van der Waals surface area contributed by atoms with Gasteiger partial charge in [-0.25, -0.2) is 0 Å². The Kier molecular flexibility index (Phi) is 314. The quantitative estimate of drug-likeness (QED) is 0.387. The molecule has 0 fully saturated rings. The average Bonchev–Trinajstić information content (AvgIpc) is 1.25. The number of hydrogen-bond donors (Lipinski definition) is 0. The molecule has 0 spiro atoms. The molecule has 0 amide bonds. The van der Waals surface area contributed by atoms with Gasteiger partial charge in [0.1, 0.15) is 0 Å². The minimum Gasteiger partial charge on any atom is -0.412 e. The fraction of sp³-hybridized carbons (Fsp3) is 0. The molecular weight excluding hydrogens is 319 g/mol. The Hall–Kier alpha value is 0.619. The maximum absolute atomic E-state index is 8.41. The molecule has 12 N–H and O–H groups in total. The van der Waals surface area contributed by atoms with Gasteiger partial charge in [0, 0.05) is 0 Å². The zero-order chi connectivity index (χ0) is 7.15. The van der Waals surface area contributed by atoms with Gasteiger partial charge in [-0.2, -0.15) is 0 Å². The van der Waals surface area contributed by atoms with E-state index in [1.54, 1.807) is 0 Å². The third-order valence-corrected chi connectivity index (χ3v) is 0. The van der Waals surface area contributed by atoms with Gasteiger partial charge in [-0.15, -0.1) is 0 Å². The van der Waals surface area contributed by atoms with Gasteiger partial charge in [0.2, 0.25) is 0 Å². The van der Waals surface area contributed by atoms with E-state index < -0.39 is 21.6 Å². The summed E-state index contributed by atoms with van der Waals surface area (Å²) in [6, 6.07) is 0. The van der Waals surface area contributed by atoms with Crippen LogP contribution in [-0.4, -0.2) is 32.9 Å². The average molecular weight is 331 g/mol. The first kappa shape index (κ1) is 76.2.